The van der Waals surface area contributed by atoms with Crippen LogP contribution in [0.4, 0.5) is 11.4 Å². The van der Waals surface area contributed by atoms with Crippen molar-refractivity contribution in [2.45, 2.75) is 13.0 Å². The van der Waals surface area contributed by atoms with Gasteiger partial charge in [0.2, 0.25) is 6.79 Å². The van der Waals surface area contributed by atoms with E-state index in [-0.39, 0.29) is 12.7 Å². The molecule has 1 aliphatic rings. The first-order valence-corrected chi connectivity index (χ1v) is 8.78. The van der Waals surface area contributed by atoms with Crippen molar-refractivity contribution in [2.24, 2.45) is 0 Å². The molecule has 1 atom stereocenters. The summed E-state index contributed by atoms with van der Waals surface area (Å²) in [5.74, 6) is 1.24. The van der Waals surface area contributed by atoms with Crippen LogP contribution in [0.15, 0.2) is 72.8 Å². The third-order valence-electron chi connectivity index (χ3n) is 4.40. The van der Waals surface area contributed by atoms with Crippen LogP contribution in [0.3, 0.4) is 0 Å². The number of aryl methyl sites for hydroxylation is 1. The van der Waals surface area contributed by atoms with Gasteiger partial charge in [0.1, 0.15) is 6.04 Å². The predicted octanol–water partition coefficient (Wildman–Crippen LogP) is 4.52. The fraction of sp³-hybridized carbons (Fsp3) is 0.136. The van der Waals surface area contributed by atoms with Gasteiger partial charge >= 0.3 is 0 Å². The van der Waals surface area contributed by atoms with Crippen LogP contribution in [0.25, 0.3) is 0 Å². The van der Waals surface area contributed by atoms with E-state index in [1.54, 1.807) is 0 Å². The molecule has 1 heterocycles. The van der Waals surface area contributed by atoms with E-state index in [2.05, 4.69) is 10.6 Å². The van der Waals surface area contributed by atoms with Crippen molar-refractivity contribution in [3.8, 4) is 11.5 Å². The summed E-state index contributed by atoms with van der Waals surface area (Å²) >= 11 is 0. The summed E-state index contributed by atoms with van der Waals surface area (Å²) in [5, 5.41) is 6.29. The Labute approximate surface area is 157 Å². The Bertz CT molecular complexity index is 940. The molecule has 0 saturated heterocycles. The van der Waals surface area contributed by atoms with Crippen LogP contribution in [0.2, 0.25) is 0 Å². The van der Waals surface area contributed by atoms with Gasteiger partial charge < -0.3 is 20.1 Å². The van der Waals surface area contributed by atoms with Crippen LogP contribution in [0.5, 0.6) is 11.5 Å². The molecule has 3 aromatic rings. The molecular formula is C22H20N2O3. The number of amides is 1. The molecule has 27 heavy (non-hydrogen) atoms. The summed E-state index contributed by atoms with van der Waals surface area (Å²) < 4.78 is 10.8. The number of nitrogens with one attached hydrogen (secondary N) is 2. The van der Waals surface area contributed by atoms with Gasteiger partial charge in [0.05, 0.1) is 0 Å². The van der Waals surface area contributed by atoms with E-state index in [9.17, 15) is 4.79 Å². The van der Waals surface area contributed by atoms with E-state index in [0.29, 0.717) is 11.5 Å². The second-order valence-corrected chi connectivity index (χ2v) is 6.41. The Morgan fingerprint density at radius 2 is 1.59 bits per heavy atom. The predicted molar refractivity (Wildman–Crippen MR) is 105 cm³/mol. The van der Waals surface area contributed by atoms with E-state index in [1.165, 1.54) is 0 Å². The first-order valence-electron chi connectivity index (χ1n) is 8.78. The van der Waals surface area contributed by atoms with Crippen LogP contribution in [0, 0.1) is 6.92 Å². The minimum atomic E-state index is -0.548. The lowest BCUT2D eigenvalue weighted by molar-refractivity contribution is -0.117. The minimum Gasteiger partial charge on any atom is -0.454 e. The smallest absolute Gasteiger partial charge is 0.251 e. The van der Waals surface area contributed by atoms with Crippen LogP contribution in [-0.4, -0.2) is 12.7 Å². The van der Waals surface area contributed by atoms with E-state index in [4.69, 9.17) is 9.47 Å². The van der Waals surface area contributed by atoms with Gasteiger partial charge in [-0.3, -0.25) is 4.79 Å². The average Bonchev–Trinajstić information content (AvgIpc) is 3.16. The van der Waals surface area contributed by atoms with Gasteiger partial charge in [0, 0.05) is 17.4 Å². The van der Waals surface area contributed by atoms with Crippen LogP contribution < -0.4 is 20.1 Å². The largest absolute Gasteiger partial charge is 0.454 e. The van der Waals surface area contributed by atoms with Gasteiger partial charge in [-0.2, -0.15) is 0 Å². The molecule has 1 amide bonds. The Hall–Kier alpha value is -3.47. The number of rotatable bonds is 5. The Balaban J connectivity index is 1.59. The van der Waals surface area contributed by atoms with Crippen LogP contribution in [0.1, 0.15) is 17.2 Å². The van der Waals surface area contributed by atoms with E-state index in [0.717, 1.165) is 22.5 Å². The molecule has 0 aliphatic carbocycles. The van der Waals surface area contributed by atoms with Gasteiger partial charge in [-0.05, 0) is 36.8 Å². The second kappa shape index (κ2) is 7.41. The maximum absolute atomic E-state index is 13.0. The summed E-state index contributed by atoms with van der Waals surface area (Å²) in [6.07, 6.45) is 0. The van der Waals surface area contributed by atoms with Crippen molar-refractivity contribution < 1.29 is 14.3 Å². The standard InChI is InChI=1S/C22H20N2O3/c1-15-7-9-17(10-8-15)24-22(25)21(16-5-3-2-4-6-16)23-18-11-12-19-20(13-18)27-14-26-19/h2-13,21,23H,14H2,1H3,(H,24,25). The van der Waals surface area contributed by atoms with Gasteiger partial charge in [0.15, 0.2) is 11.5 Å². The number of anilines is 2. The van der Waals surface area contributed by atoms with Crippen molar-refractivity contribution in [3.63, 3.8) is 0 Å². The first kappa shape index (κ1) is 17.0. The SMILES string of the molecule is Cc1ccc(NC(=O)C(Nc2ccc3c(c2)OCO3)c2ccccc2)cc1. The fourth-order valence-corrected chi connectivity index (χ4v) is 2.95. The normalized spacial score (nSPS) is 13.1. The fourth-order valence-electron chi connectivity index (χ4n) is 2.95. The number of ether oxygens (including phenoxy) is 2. The molecule has 1 unspecified atom stereocenters. The Morgan fingerprint density at radius 3 is 2.37 bits per heavy atom. The Kier molecular flexibility index (Phi) is 4.66. The van der Waals surface area contributed by atoms with E-state index >= 15 is 0 Å². The van der Waals surface area contributed by atoms with Crippen molar-refractivity contribution in [2.75, 3.05) is 17.4 Å². The van der Waals surface area contributed by atoms with Crippen molar-refractivity contribution >= 4 is 17.3 Å². The van der Waals surface area contributed by atoms with Crippen LogP contribution >= 0.6 is 0 Å². The molecule has 0 spiro atoms. The molecule has 136 valence electrons. The molecule has 5 heteroatoms. The van der Waals surface area contributed by atoms with Gasteiger partial charge in [0.25, 0.3) is 5.91 Å². The molecular weight excluding hydrogens is 340 g/mol. The number of fused-ring (bicyclic) bond motifs is 1. The summed E-state index contributed by atoms with van der Waals surface area (Å²) in [6.45, 7) is 2.23. The third kappa shape index (κ3) is 3.87. The summed E-state index contributed by atoms with van der Waals surface area (Å²) in [5.41, 5.74) is 3.57. The summed E-state index contributed by atoms with van der Waals surface area (Å²) in [6, 6.07) is 22.4. The van der Waals surface area contributed by atoms with E-state index < -0.39 is 6.04 Å². The highest BCUT2D eigenvalue weighted by Gasteiger charge is 2.22. The number of hydrogen-bond acceptors (Lipinski definition) is 4. The van der Waals surface area contributed by atoms with E-state index in [1.807, 2.05) is 79.7 Å². The molecule has 0 bridgehead atoms. The molecule has 2 N–H and O–H groups in total. The summed E-state index contributed by atoms with van der Waals surface area (Å²) in [7, 11) is 0. The summed E-state index contributed by atoms with van der Waals surface area (Å²) in [4.78, 5) is 13.0. The highest BCUT2D eigenvalue weighted by atomic mass is 16.7. The maximum atomic E-state index is 13.0. The zero-order valence-electron chi connectivity index (χ0n) is 14.9. The highest BCUT2D eigenvalue weighted by Crippen LogP contribution is 2.35. The lowest BCUT2D eigenvalue weighted by atomic mass is 10.1. The number of carbonyl (C=O) groups is 1. The molecule has 4 rings (SSSR count). The average molecular weight is 360 g/mol. The molecule has 1 aliphatic heterocycles. The third-order valence-corrected chi connectivity index (χ3v) is 4.40. The topological polar surface area (TPSA) is 59.6 Å². The Morgan fingerprint density at radius 1 is 0.889 bits per heavy atom. The van der Waals surface area contributed by atoms with Gasteiger partial charge in [-0.15, -0.1) is 0 Å². The van der Waals surface area contributed by atoms with Crippen molar-refractivity contribution in [1.82, 2.24) is 0 Å². The molecule has 0 fully saturated rings. The molecule has 0 saturated carbocycles. The maximum Gasteiger partial charge on any atom is 0.251 e. The second-order valence-electron chi connectivity index (χ2n) is 6.41. The quantitative estimate of drug-likeness (QED) is 0.702. The number of benzene rings is 3. The lowest BCUT2D eigenvalue weighted by Gasteiger charge is -2.20. The minimum absolute atomic E-state index is 0.136. The molecule has 3 aromatic carbocycles. The first-order chi connectivity index (χ1) is 13.2. The molecule has 0 radical (unpaired) electrons. The number of hydrogen-bond donors (Lipinski definition) is 2. The zero-order chi connectivity index (χ0) is 18.6. The van der Waals surface area contributed by atoms with Gasteiger partial charge in [-0.25, -0.2) is 0 Å². The monoisotopic (exact) mass is 360 g/mol. The molecule has 5 nitrogen and oxygen atoms in total. The van der Waals surface area contributed by atoms with Gasteiger partial charge in [-0.1, -0.05) is 48.0 Å². The number of carbonyl (C=O) groups excluding carboxylic acids is 1. The molecule has 0 aromatic heterocycles. The van der Waals surface area contributed by atoms with Crippen molar-refractivity contribution in [3.05, 3.63) is 83.9 Å². The zero-order valence-corrected chi connectivity index (χ0v) is 14.9. The lowest BCUT2D eigenvalue weighted by Crippen LogP contribution is -2.27. The highest BCUT2D eigenvalue weighted by molar-refractivity contribution is 5.97. The van der Waals surface area contributed by atoms with Crippen LogP contribution in [-0.2, 0) is 4.79 Å². The van der Waals surface area contributed by atoms with Crippen molar-refractivity contribution in [1.29, 1.82) is 0 Å².